The van der Waals surface area contributed by atoms with E-state index < -0.39 is 25.1 Å². The molecule has 0 fully saturated rings. The summed E-state index contributed by atoms with van der Waals surface area (Å²) in [4.78, 5) is 0. The highest BCUT2D eigenvalue weighted by Gasteiger charge is 2.33. The standard InChI is InChI=1S/C14H13NO5S4/c16-23(17,13-5-2-8-21-13)12(11-4-1-7-20-11)10-15-24(18,19)14-6-3-9-22-14/h1-9,12,15H,10H2/t12-/m1/s1. The van der Waals surface area contributed by atoms with Crippen molar-refractivity contribution < 1.29 is 21.3 Å². The van der Waals surface area contributed by atoms with Crippen LogP contribution in [-0.4, -0.2) is 23.4 Å². The van der Waals surface area contributed by atoms with E-state index in [-0.39, 0.29) is 20.7 Å². The molecule has 3 aromatic heterocycles. The van der Waals surface area contributed by atoms with Crippen LogP contribution in [0.2, 0.25) is 0 Å². The molecular weight excluding hydrogens is 390 g/mol. The lowest BCUT2D eigenvalue weighted by Gasteiger charge is -2.15. The first kappa shape index (κ1) is 17.4. The molecule has 10 heteroatoms. The summed E-state index contributed by atoms with van der Waals surface area (Å²) in [6, 6.07) is 9.29. The van der Waals surface area contributed by atoms with Gasteiger partial charge in [-0.2, -0.15) is 0 Å². The van der Waals surface area contributed by atoms with Gasteiger partial charge in [-0.15, -0.1) is 22.7 Å². The summed E-state index contributed by atoms with van der Waals surface area (Å²) >= 11 is 2.14. The smallest absolute Gasteiger partial charge is 0.250 e. The zero-order valence-electron chi connectivity index (χ0n) is 12.2. The fourth-order valence-electron chi connectivity index (χ4n) is 2.08. The maximum atomic E-state index is 12.8. The highest BCUT2D eigenvalue weighted by Crippen LogP contribution is 2.31. The Bertz CT molecular complexity index is 972. The first-order chi connectivity index (χ1) is 11.4. The van der Waals surface area contributed by atoms with E-state index >= 15 is 0 Å². The van der Waals surface area contributed by atoms with Crippen LogP contribution >= 0.6 is 22.7 Å². The summed E-state index contributed by atoms with van der Waals surface area (Å²) in [7, 11) is -7.54. The van der Waals surface area contributed by atoms with Crippen molar-refractivity contribution >= 4 is 42.5 Å². The van der Waals surface area contributed by atoms with Crippen LogP contribution in [0.15, 0.2) is 66.3 Å². The second-order valence-electron chi connectivity index (χ2n) is 4.77. The molecule has 0 aliphatic carbocycles. The predicted octanol–water partition coefficient (Wildman–Crippen LogP) is 2.90. The van der Waals surface area contributed by atoms with E-state index in [1.165, 1.54) is 24.5 Å². The summed E-state index contributed by atoms with van der Waals surface area (Å²) in [5.74, 6) is 0.192. The van der Waals surface area contributed by atoms with Crippen LogP contribution in [0.3, 0.4) is 0 Å². The van der Waals surface area contributed by atoms with Crippen molar-refractivity contribution in [2.24, 2.45) is 0 Å². The van der Waals surface area contributed by atoms with Crippen LogP contribution in [0.5, 0.6) is 0 Å². The molecular formula is C14H13NO5S4. The molecule has 3 rings (SSSR count). The van der Waals surface area contributed by atoms with Crippen molar-refractivity contribution in [2.45, 2.75) is 13.7 Å². The van der Waals surface area contributed by atoms with Crippen LogP contribution in [-0.2, 0) is 19.9 Å². The Balaban J connectivity index is 1.90. The number of hydrogen-bond donors (Lipinski definition) is 1. The lowest BCUT2D eigenvalue weighted by Crippen LogP contribution is -2.31. The van der Waals surface area contributed by atoms with Gasteiger partial charge < -0.3 is 4.42 Å². The Kier molecular flexibility index (Phi) is 4.92. The summed E-state index contributed by atoms with van der Waals surface area (Å²) in [6.07, 6.45) is 1.36. The van der Waals surface area contributed by atoms with Gasteiger partial charge in [-0.05, 0) is 35.0 Å². The topological polar surface area (TPSA) is 93.4 Å². The minimum absolute atomic E-state index is 0.134. The monoisotopic (exact) mass is 403 g/mol. The van der Waals surface area contributed by atoms with E-state index in [2.05, 4.69) is 4.72 Å². The predicted molar refractivity (Wildman–Crippen MR) is 92.5 cm³/mol. The molecule has 0 saturated heterocycles. The van der Waals surface area contributed by atoms with Crippen LogP contribution in [0.1, 0.15) is 11.0 Å². The van der Waals surface area contributed by atoms with Crippen LogP contribution in [0, 0.1) is 0 Å². The average molecular weight is 404 g/mol. The Morgan fingerprint density at radius 1 is 0.958 bits per heavy atom. The second kappa shape index (κ2) is 6.81. The Morgan fingerprint density at radius 3 is 2.17 bits per heavy atom. The van der Waals surface area contributed by atoms with Gasteiger partial charge >= 0.3 is 0 Å². The highest BCUT2D eigenvalue weighted by molar-refractivity contribution is 7.94. The molecule has 0 aromatic carbocycles. The third kappa shape index (κ3) is 3.47. The molecule has 0 saturated carbocycles. The molecule has 0 spiro atoms. The van der Waals surface area contributed by atoms with Crippen LogP contribution in [0.4, 0.5) is 0 Å². The third-order valence-electron chi connectivity index (χ3n) is 3.23. The van der Waals surface area contributed by atoms with Gasteiger partial charge in [0, 0.05) is 6.54 Å². The molecule has 0 unspecified atom stereocenters. The number of nitrogens with one attached hydrogen (secondary N) is 1. The molecule has 24 heavy (non-hydrogen) atoms. The van der Waals surface area contributed by atoms with Crippen molar-refractivity contribution in [1.82, 2.24) is 4.72 Å². The maximum Gasteiger partial charge on any atom is 0.250 e. The Morgan fingerprint density at radius 2 is 1.62 bits per heavy atom. The van der Waals surface area contributed by atoms with Gasteiger partial charge in [0.2, 0.25) is 10.0 Å². The molecule has 0 aliphatic rings. The van der Waals surface area contributed by atoms with E-state index in [0.29, 0.717) is 0 Å². The fraction of sp³-hybridized carbons (Fsp3) is 0.143. The largest absolute Gasteiger partial charge is 0.468 e. The number of hydrogen-bond acceptors (Lipinski definition) is 7. The normalized spacial score (nSPS) is 13.8. The summed E-state index contributed by atoms with van der Waals surface area (Å²) in [5.41, 5.74) is 0. The molecule has 0 amide bonds. The zero-order valence-corrected chi connectivity index (χ0v) is 15.4. The van der Waals surface area contributed by atoms with E-state index in [1.807, 2.05) is 0 Å². The lowest BCUT2D eigenvalue weighted by molar-refractivity contribution is 0.487. The van der Waals surface area contributed by atoms with Crippen molar-refractivity contribution in [3.8, 4) is 0 Å². The molecule has 0 aliphatic heterocycles. The van der Waals surface area contributed by atoms with Gasteiger partial charge in [-0.1, -0.05) is 12.1 Å². The van der Waals surface area contributed by atoms with E-state index in [4.69, 9.17) is 4.42 Å². The van der Waals surface area contributed by atoms with Gasteiger partial charge in [-0.3, -0.25) is 0 Å². The summed E-state index contributed by atoms with van der Waals surface area (Å²) in [5, 5.41) is 2.16. The lowest BCUT2D eigenvalue weighted by atomic mass is 10.3. The summed E-state index contributed by atoms with van der Waals surface area (Å²) < 4.78 is 58.0. The zero-order chi connectivity index (χ0) is 17.2. The second-order valence-corrected chi connectivity index (χ2v) is 11.0. The number of rotatable bonds is 7. The third-order valence-corrected chi connectivity index (χ3v) is 9.54. The summed E-state index contributed by atoms with van der Waals surface area (Å²) in [6.45, 7) is -0.312. The van der Waals surface area contributed by atoms with Gasteiger partial charge in [-0.25, -0.2) is 21.6 Å². The first-order valence-corrected chi connectivity index (χ1v) is 11.5. The molecule has 0 radical (unpaired) electrons. The van der Waals surface area contributed by atoms with E-state index in [0.717, 1.165) is 22.7 Å². The molecule has 3 aromatic rings. The molecule has 3 heterocycles. The molecule has 1 atom stereocenters. The van der Waals surface area contributed by atoms with Gasteiger partial charge in [0.15, 0.2) is 9.84 Å². The van der Waals surface area contributed by atoms with Crippen molar-refractivity contribution in [3.63, 3.8) is 0 Å². The molecule has 0 bridgehead atoms. The number of furan rings is 1. The number of sulfonamides is 1. The SMILES string of the molecule is O=S(=O)(NC[C@H](c1ccco1)S(=O)(=O)c1cccs1)c1cccs1. The first-order valence-electron chi connectivity index (χ1n) is 6.75. The minimum atomic E-state index is -3.77. The van der Waals surface area contributed by atoms with Crippen LogP contribution < -0.4 is 4.72 Å². The van der Waals surface area contributed by atoms with Crippen molar-refractivity contribution in [1.29, 1.82) is 0 Å². The Hall–Kier alpha value is -1.46. The minimum Gasteiger partial charge on any atom is -0.468 e. The Labute approximate surface area is 147 Å². The molecule has 6 nitrogen and oxygen atoms in total. The molecule has 128 valence electrons. The average Bonchev–Trinajstić information content (AvgIpc) is 3.28. The van der Waals surface area contributed by atoms with E-state index in [1.54, 1.807) is 29.0 Å². The maximum absolute atomic E-state index is 12.8. The van der Waals surface area contributed by atoms with Crippen LogP contribution in [0.25, 0.3) is 0 Å². The highest BCUT2D eigenvalue weighted by atomic mass is 32.2. The van der Waals surface area contributed by atoms with Gasteiger partial charge in [0.05, 0.1) is 6.26 Å². The van der Waals surface area contributed by atoms with Gasteiger partial charge in [0.25, 0.3) is 0 Å². The molecule has 1 N–H and O–H groups in total. The fourth-order valence-corrected chi connectivity index (χ4v) is 7.06. The number of sulfone groups is 1. The quantitative estimate of drug-likeness (QED) is 0.655. The van der Waals surface area contributed by atoms with Gasteiger partial charge in [0.1, 0.15) is 19.4 Å². The number of thiophene rings is 2. The van der Waals surface area contributed by atoms with Crippen molar-refractivity contribution in [3.05, 3.63) is 59.2 Å². The van der Waals surface area contributed by atoms with E-state index in [9.17, 15) is 16.8 Å². The van der Waals surface area contributed by atoms with Crippen molar-refractivity contribution in [2.75, 3.05) is 6.54 Å².